The Morgan fingerprint density at radius 3 is 0.833 bits per heavy atom. The molecule has 0 radical (unpaired) electrons. The molecule has 0 aliphatic rings. The van der Waals surface area contributed by atoms with Crippen LogP contribution in [0.4, 0.5) is 0 Å². The molecule has 0 aliphatic heterocycles. The summed E-state index contributed by atoms with van der Waals surface area (Å²) in [5.74, 6) is 0.604. The third kappa shape index (κ3) is 7.53. The van der Waals surface area contributed by atoms with Crippen LogP contribution in [-0.2, 0) is 31.9 Å². The topological polar surface area (TPSA) is 71.1 Å². The van der Waals surface area contributed by atoms with Crippen LogP contribution in [0, 0.1) is 83.1 Å². The molecule has 3 rings (SSSR count). The van der Waals surface area contributed by atoms with Crippen molar-refractivity contribution < 1.29 is 28.5 Å². The van der Waals surface area contributed by atoms with Gasteiger partial charge in [0.2, 0.25) is 13.6 Å². The summed E-state index contributed by atoms with van der Waals surface area (Å²) >= 11 is 0. The van der Waals surface area contributed by atoms with E-state index in [-0.39, 0.29) is 13.6 Å². The molecule has 6 heteroatoms. The van der Waals surface area contributed by atoms with Crippen LogP contribution in [0.25, 0.3) is 0 Å². The van der Waals surface area contributed by atoms with Crippen molar-refractivity contribution in [1.29, 1.82) is 0 Å². The molecule has 0 aromatic heterocycles. The van der Waals surface area contributed by atoms with E-state index in [9.17, 15) is 9.59 Å². The molecule has 3 aromatic rings. The number of rotatable bonds is 12. The molecular weight excluding hydrogens is 600 g/mol. The summed E-state index contributed by atoms with van der Waals surface area (Å²) in [6.07, 6.45) is 1.64. The third-order valence-electron chi connectivity index (χ3n) is 10.5. The Balaban J connectivity index is 1.98. The normalized spacial score (nSPS) is 11.0. The van der Waals surface area contributed by atoms with E-state index < -0.39 is 11.9 Å². The second-order valence-electron chi connectivity index (χ2n) is 13.4. The van der Waals surface area contributed by atoms with Gasteiger partial charge in [-0.3, -0.25) is 0 Å². The molecule has 0 bridgehead atoms. The van der Waals surface area contributed by atoms with E-state index in [1.54, 1.807) is 13.8 Å². The van der Waals surface area contributed by atoms with Gasteiger partial charge in [0, 0.05) is 11.1 Å². The van der Waals surface area contributed by atoms with E-state index in [1.165, 1.54) is 66.8 Å². The highest BCUT2D eigenvalue weighted by Gasteiger charge is 2.23. The van der Waals surface area contributed by atoms with E-state index in [0.29, 0.717) is 11.1 Å². The van der Waals surface area contributed by atoms with Gasteiger partial charge in [0.1, 0.15) is 11.5 Å². The molecule has 0 aliphatic carbocycles. The van der Waals surface area contributed by atoms with Gasteiger partial charge in [0.15, 0.2) is 0 Å². The molecule has 0 saturated carbocycles. The summed E-state index contributed by atoms with van der Waals surface area (Å²) in [4.78, 5) is 23.7. The molecule has 0 unspecified atom stereocenters. The third-order valence-corrected chi connectivity index (χ3v) is 10.5. The number of carbonyl (C=O) groups is 2. The summed E-state index contributed by atoms with van der Waals surface area (Å²) in [5.41, 5.74) is 20.2. The van der Waals surface area contributed by atoms with Gasteiger partial charge in [-0.2, -0.15) is 0 Å². The Kier molecular flexibility index (Phi) is 12.1. The van der Waals surface area contributed by atoms with E-state index in [2.05, 4.69) is 96.2 Å². The summed E-state index contributed by atoms with van der Waals surface area (Å²) in [7, 11) is 0. The highest BCUT2D eigenvalue weighted by atomic mass is 16.7. The molecule has 258 valence electrons. The van der Waals surface area contributed by atoms with Crippen molar-refractivity contribution in [3.05, 3.63) is 113 Å². The fourth-order valence-electron chi connectivity index (χ4n) is 6.56. The maximum Gasteiger partial charge on any atom is 0.335 e. The summed E-state index contributed by atoms with van der Waals surface area (Å²) in [5, 5.41) is 0. The highest BCUT2D eigenvalue weighted by Crippen LogP contribution is 2.39. The fraction of sp³-hybridized carbons (Fsp3) is 0.429. The number of carbonyl (C=O) groups excluding carboxylic acids is 2. The van der Waals surface area contributed by atoms with Crippen molar-refractivity contribution in [2.75, 3.05) is 13.6 Å². The molecule has 0 atom stereocenters. The molecule has 0 spiro atoms. The van der Waals surface area contributed by atoms with Gasteiger partial charge in [-0.1, -0.05) is 13.2 Å². The van der Waals surface area contributed by atoms with E-state index in [1.807, 2.05) is 0 Å². The maximum atomic E-state index is 11.9. The van der Waals surface area contributed by atoms with E-state index >= 15 is 0 Å². The smallest absolute Gasteiger partial charge is 0.335 e. The Morgan fingerprint density at radius 1 is 0.417 bits per heavy atom. The molecule has 0 N–H and O–H groups in total. The lowest BCUT2D eigenvalue weighted by atomic mass is 9.80. The molecule has 6 nitrogen and oxygen atoms in total. The van der Waals surface area contributed by atoms with Crippen molar-refractivity contribution in [2.24, 2.45) is 0 Å². The lowest BCUT2D eigenvalue weighted by molar-refractivity contribution is -0.146. The fourth-order valence-corrected chi connectivity index (χ4v) is 6.56. The molecule has 48 heavy (non-hydrogen) atoms. The quantitative estimate of drug-likeness (QED) is 0.110. The first-order valence-electron chi connectivity index (χ1n) is 16.5. The van der Waals surface area contributed by atoms with Gasteiger partial charge in [0.25, 0.3) is 0 Å². The lowest BCUT2D eigenvalue weighted by Crippen LogP contribution is -2.14. The van der Waals surface area contributed by atoms with E-state index in [0.717, 1.165) is 46.6 Å². The predicted octanol–water partition coefficient (Wildman–Crippen LogP) is 9.48. The zero-order chi connectivity index (χ0) is 36.4. The lowest BCUT2D eigenvalue weighted by Gasteiger charge is -2.26. The van der Waals surface area contributed by atoms with Crippen LogP contribution >= 0.6 is 0 Å². The monoisotopic (exact) mass is 654 g/mol. The Morgan fingerprint density at radius 2 is 0.625 bits per heavy atom. The summed E-state index contributed by atoms with van der Waals surface area (Å²) in [6.45, 7) is 36.1. The Hall–Kier alpha value is -4.32. The number of hydrogen-bond donors (Lipinski definition) is 0. The number of esters is 2. The zero-order valence-electron chi connectivity index (χ0n) is 31.7. The molecule has 0 saturated heterocycles. The minimum Gasteiger partial charge on any atom is -0.457 e. The SMILES string of the molecule is C=C(C)C(=O)OCOc1c(C)c(C)c(Cc2c(C)c(C)c(Cc3c(C)c(C)c(OCOC(=O)C(=C)C)c(C)c3C)c(C)c2C)c(C)c1C. The second kappa shape index (κ2) is 15.3. The molecule has 3 aromatic carbocycles. The van der Waals surface area contributed by atoms with Crippen molar-refractivity contribution in [2.45, 2.75) is 110 Å². The van der Waals surface area contributed by atoms with Crippen LogP contribution in [0.15, 0.2) is 24.3 Å². The summed E-state index contributed by atoms with van der Waals surface area (Å²) < 4.78 is 22.4. The van der Waals surface area contributed by atoms with Gasteiger partial charge < -0.3 is 18.9 Å². The zero-order valence-corrected chi connectivity index (χ0v) is 31.7. The minimum absolute atomic E-state index is 0.151. The maximum absolute atomic E-state index is 11.9. The first-order valence-corrected chi connectivity index (χ1v) is 16.5. The van der Waals surface area contributed by atoms with Crippen molar-refractivity contribution >= 4 is 11.9 Å². The average Bonchev–Trinajstić information content (AvgIpc) is 3.04. The standard InChI is InChI=1S/C42H54O6/c1-21(2)41(43)47-19-45-39-31(13)27(9)37(28(10)32(39)14)17-35-23(5)25(7)36(26(8)24(35)6)18-38-29(11)33(15)40(34(16)30(38)12)46-20-48-42(44)22(3)4/h1,3,17-20H2,2,4-16H3. The van der Waals surface area contributed by atoms with Gasteiger partial charge in [-0.15, -0.1) is 0 Å². The van der Waals surface area contributed by atoms with Crippen LogP contribution in [0.2, 0.25) is 0 Å². The Bertz CT molecular complexity index is 1600. The van der Waals surface area contributed by atoms with Gasteiger partial charge in [0.05, 0.1) is 0 Å². The van der Waals surface area contributed by atoms with Crippen LogP contribution in [0.5, 0.6) is 11.5 Å². The highest BCUT2D eigenvalue weighted by molar-refractivity contribution is 5.87. The number of hydrogen-bond acceptors (Lipinski definition) is 6. The van der Waals surface area contributed by atoms with Crippen molar-refractivity contribution in [3.63, 3.8) is 0 Å². The van der Waals surface area contributed by atoms with Gasteiger partial charge >= 0.3 is 11.9 Å². The second-order valence-corrected chi connectivity index (χ2v) is 13.4. The van der Waals surface area contributed by atoms with Crippen molar-refractivity contribution in [1.82, 2.24) is 0 Å². The molecule has 0 heterocycles. The average molecular weight is 655 g/mol. The van der Waals surface area contributed by atoms with Crippen molar-refractivity contribution in [3.8, 4) is 11.5 Å². The first-order chi connectivity index (χ1) is 22.3. The van der Waals surface area contributed by atoms with E-state index in [4.69, 9.17) is 18.9 Å². The Labute approximate surface area is 288 Å². The van der Waals surface area contributed by atoms with Crippen LogP contribution in [0.3, 0.4) is 0 Å². The van der Waals surface area contributed by atoms with Crippen LogP contribution in [-0.4, -0.2) is 25.5 Å². The predicted molar refractivity (Wildman–Crippen MR) is 195 cm³/mol. The summed E-state index contributed by atoms with van der Waals surface area (Å²) in [6, 6.07) is 0. The van der Waals surface area contributed by atoms with Gasteiger partial charge in [-0.05, 0) is 199 Å². The first kappa shape index (κ1) is 38.1. The minimum atomic E-state index is -0.462. The van der Waals surface area contributed by atoms with Crippen LogP contribution in [0.1, 0.15) is 103 Å². The van der Waals surface area contributed by atoms with Gasteiger partial charge in [-0.25, -0.2) is 9.59 Å². The molecular formula is C42H54O6. The van der Waals surface area contributed by atoms with Crippen LogP contribution < -0.4 is 9.47 Å². The largest absolute Gasteiger partial charge is 0.457 e. The number of ether oxygens (including phenoxy) is 4. The molecule has 0 fully saturated rings. The molecule has 0 amide bonds. The number of benzene rings is 3.